The Hall–Kier alpha value is -1.97. The summed E-state index contributed by atoms with van der Waals surface area (Å²) in [5, 5.41) is 2.73. The SMILES string of the molecule is COC[C@H](C)NC(=O)c1cccc(S(=O)(=O)N2CCC[C@H]2C(N)=O)c1. The van der Waals surface area contributed by atoms with Crippen LogP contribution in [0.1, 0.15) is 30.1 Å². The van der Waals surface area contributed by atoms with Gasteiger partial charge in [0.1, 0.15) is 6.04 Å². The molecule has 1 fully saturated rings. The van der Waals surface area contributed by atoms with E-state index in [0.717, 1.165) is 4.31 Å². The minimum absolute atomic E-state index is 0.0345. The van der Waals surface area contributed by atoms with Crippen LogP contribution >= 0.6 is 0 Å². The molecule has 0 radical (unpaired) electrons. The summed E-state index contributed by atoms with van der Waals surface area (Å²) < 4.78 is 31.7. The van der Waals surface area contributed by atoms with Crippen LogP contribution < -0.4 is 11.1 Å². The fourth-order valence-corrected chi connectivity index (χ4v) is 4.56. The quantitative estimate of drug-likeness (QED) is 0.706. The molecule has 1 aliphatic rings. The zero-order chi connectivity index (χ0) is 18.6. The number of sulfonamides is 1. The second-order valence-electron chi connectivity index (χ2n) is 6.03. The van der Waals surface area contributed by atoms with Crippen LogP contribution in [0.2, 0.25) is 0 Å². The number of nitrogens with one attached hydrogen (secondary N) is 1. The lowest BCUT2D eigenvalue weighted by Crippen LogP contribution is -2.43. The summed E-state index contributed by atoms with van der Waals surface area (Å²) in [5.74, 6) is -1.06. The van der Waals surface area contributed by atoms with E-state index >= 15 is 0 Å². The molecular weight excluding hydrogens is 346 g/mol. The van der Waals surface area contributed by atoms with Gasteiger partial charge in [-0.15, -0.1) is 0 Å². The van der Waals surface area contributed by atoms with Gasteiger partial charge in [0.05, 0.1) is 11.5 Å². The van der Waals surface area contributed by atoms with Gasteiger partial charge >= 0.3 is 0 Å². The normalized spacial score (nSPS) is 19.5. The molecule has 2 amide bonds. The van der Waals surface area contributed by atoms with Gasteiger partial charge in [0.15, 0.2) is 0 Å². The Labute approximate surface area is 147 Å². The standard InChI is InChI=1S/C16H23N3O5S/c1-11(10-24-2)18-16(21)12-5-3-6-13(9-12)25(22,23)19-8-4-7-14(19)15(17)20/h3,5-6,9,11,14H,4,7-8,10H2,1-2H3,(H2,17,20)(H,18,21)/t11-,14-/m0/s1. The van der Waals surface area contributed by atoms with E-state index in [1.54, 1.807) is 6.92 Å². The number of nitrogens with two attached hydrogens (primary N) is 1. The van der Waals surface area contributed by atoms with Crippen molar-refractivity contribution >= 4 is 21.8 Å². The highest BCUT2D eigenvalue weighted by atomic mass is 32.2. The van der Waals surface area contributed by atoms with E-state index in [9.17, 15) is 18.0 Å². The van der Waals surface area contributed by atoms with Gasteiger partial charge in [0, 0.05) is 25.3 Å². The molecule has 0 aliphatic carbocycles. The van der Waals surface area contributed by atoms with Crippen LogP contribution in [-0.4, -0.2) is 56.9 Å². The number of carbonyl (C=O) groups is 2. The first-order chi connectivity index (χ1) is 11.8. The van der Waals surface area contributed by atoms with Gasteiger partial charge in [0.25, 0.3) is 5.91 Å². The van der Waals surface area contributed by atoms with Gasteiger partial charge < -0.3 is 15.8 Å². The number of primary amides is 1. The molecule has 0 spiro atoms. The maximum absolute atomic E-state index is 12.8. The Kier molecular flexibility index (Phi) is 6.15. The maximum Gasteiger partial charge on any atom is 0.251 e. The zero-order valence-corrected chi connectivity index (χ0v) is 15.1. The molecule has 1 aliphatic heterocycles. The molecule has 2 atom stereocenters. The summed E-state index contributed by atoms with van der Waals surface area (Å²) >= 11 is 0. The van der Waals surface area contributed by atoms with E-state index in [1.165, 1.54) is 31.4 Å². The Bertz CT molecular complexity index is 750. The molecule has 25 heavy (non-hydrogen) atoms. The van der Waals surface area contributed by atoms with Crippen LogP contribution in [0.4, 0.5) is 0 Å². The molecule has 9 heteroatoms. The summed E-state index contributed by atoms with van der Waals surface area (Å²) in [6.45, 7) is 2.36. The van der Waals surface area contributed by atoms with Gasteiger partial charge in [-0.25, -0.2) is 8.42 Å². The van der Waals surface area contributed by atoms with Gasteiger partial charge in [-0.3, -0.25) is 9.59 Å². The fraction of sp³-hybridized carbons (Fsp3) is 0.500. The fourth-order valence-electron chi connectivity index (χ4n) is 2.84. The van der Waals surface area contributed by atoms with Crippen LogP contribution in [0.5, 0.6) is 0 Å². The van der Waals surface area contributed by atoms with E-state index in [0.29, 0.717) is 19.4 Å². The van der Waals surface area contributed by atoms with E-state index in [1.807, 2.05) is 0 Å². The first-order valence-electron chi connectivity index (χ1n) is 7.98. The van der Waals surface area contributed by atoms with Crippen molar-refractivity contribution in [3.8, 4) is 0 Å². The highest BCUT2D eigenvalue weighted by Crippen LogP contribution is 2.26. The van der Waals surface area contributed by atoms with Gasteiger partial charge in [-0.1, -0.05) is 6.07 Å². The Balaban J connectivity index is 2.25. The van der Waals surface area contributed by atoms with Crippen LogP contribution in [0.15, 0.2) is 29.2 Å². The van der Waals surface area contributed by atoms with Crippen molar-refractivity contribution in [2.75, 3.05) is 20.3 Å². The van der Waals surface area contributed by atoms with Gasteiger partial charge in [0.2, 0.25) is 15.9 Å². The molecule has 0 unspecified atom stereocenters. The van der Waals surface area contributed by atoms with Gasteiger partial charge in [-0.05, 0) is 38.0 Å². The molecule has 1 aromatic rings. The molecule has 138 valence electrons. The number of carbonyl (C=O) groups excluding carboxylic acids is 2. The Morgan fingerprint density at radius 1 is 1.44 bits per heavy atom. The molecule has 3 N–H and O–H groups in total. The van der Waals surface area contributed by atoms with Crippen molar-refractivity contribution in [2.45, 2.75) is 36.7 Å². The highest BCUT2D eigenvalue weighted by molar-refractivity contribution is 7.89. The number of rotatable bonds is 7. The average Bonchev–Trinajstić information content (AvgIpc) is 3.06. The first kappa shape index (κ1) is 19.4. The number of amides is 2. The lowest BCUT2D eigenvalue weighted by atomic mass is 10.2. The second-order valence-corrected chi connectivity index (χ2v) is 7.92. The van der Waals surface area contributed by atoms with Crippen molar-refractivity contribution in [2.24, 2.45) is 5.73 Å². The summed E-state index contributed by atoms with van der Waals surface area (Å²) in [7, 11) is -2.37. The molecule has 1 aromatic carbocycles. The van der Waals surface area contributed by atoms with Crippen molar-refractivity contribution in [3.63, 3.8) is 0 Å². The Morgan fingerprint density at radius 2 is 2.16 bits per heavy atom. The van der Waals surface area contributed by atoms with Crippen LogP contribution in [0, 0.1) is 0 Å². The maximum atomic E-state index is 12.8. The number of ether oxygens (including phenoxy) is 1. The zero-order valence-electron chi connectivity index (χ0n) is 14.3. The number of nitrogens with zero attached hydrogens (tertiary/aromatic N) is 1. The number of hydrogen-bond acceptors (Lipinski definition) is 5. The third-order valence-corrected chi connectivity index (χ3v) is 5.93. The molecular formula is C16H23N3O5S. The third kappa shape index (κ3) is 4.36. The van der Waals surface area contributed by atoms with Crippen LogP contribution in [0.3, 0.4) is 0 Å². The summed E-state index contributed by atoms with van der Waals surface area (Å²) in [4.78, 5) is 23.7. The first-order valence-corrected chi connectivity index (χ1v) is 9.42. The average molecular weight is 369 g/mol. The smallest absolute Gasteiger partial charge is 0.251 e. The topological polar surface area (TPSA) is 119 Å². The number of methoxy groups -OCH3 is 1. The largest absolute Gasteiger partial charge is 0.383 e. The van der Waals surface area contributed by atoms with Crippen LogP contribution in [0.25, 0.3) is 0 Å². The molecule has 0 bridgehead atoms. The van der Waals surface area contributed by atoms with E-state index in [2.05, 4.69) is 5.32 Å². The van der Waals surface area contributed by atoms with Crippen molar-refractivity contribution in [1.29, 1.82) is 0 Å². The summed E-state index contributed by atoms with van der Waals surface area (Å²) in [6, 6.07) is 4.68. The van der Waals surface area contributed by atoms with Crippen LogP contribution in [-0.2, 0) is 19.6 Å². The summed E-state index contributed by atoms with van der Waals surface area (Å²) in [5.41, 5.74) is 5.52. The predicted octanol–water partition coefficient (Wildman–Crippen LogP) is 0.0897. The predicted molar refractivity (Wildman–Crippen MR) is 91.4 cm³/mol. The lowest BCUT2D eigenvalue weighted by Gasteiger charge is -2.22. The highest BCUT2D eigenvalue weighted by Gasteiger charge is 2.38. The third-order valence-electron chi connectivity index (χ3n) is 4.03. The molecule has 2 rings (SSSR count). The van der Waals surface area contributed by atoms with E-state index in [-0.39, 0.29) is 23.0 Å². The minimum Gasteiger partial charge on any atom is -0.383 e. The minimum atomic E-state index is -3.90. The molecule has 0 aromatic heterocycles. The van der Waals surface area contributed by atoms with Crippen molar-refractivity contribution < 1.29 is 22.7 Å². The van der Waals surface area contributed by atoms with Gasteiger partial charge in [-0.2, -0.15) is 4.31 Å². The van der Waals surface area contributed by atoms with E-state index in [4.69, 9.17) is 10.5 Å². The summed E-state index contributed by atoms with van der Waals surface area (Å²) in [6.07, 6.45) is 0.977. The Morgan fingerprint density at radius 3 is 2.80 bits per heavy atom. The lowest BCUT2D eigenvalue weighted by molar-refractivity contribution is -0.121. The van der Waals surface area contributed by atoms with Crippen molar-refractivity contribution in [1.82, 2.24) is 9.62 Å². The number of benzene rings is 1. The number of hydrogen-bond donors (Lipinski definition) is 2. The van der Waals surface area contributed by atoms with E-state index < -0.39 is 27.9 Å². The monoisotopic (exact) mass is 369 g/mol. The molecule has 0 saturated carbocycles. The molecule has 8 nitrogen and oxygen atoms in total. The second kappa shape index (κ2) is 7.94. The molecule has 1 saturated heterocycles. The van der Waals surface area contributed by atoms with Crippen molar-refractivity contribution in [3.05, 3.63) is 29.8 Å². The molecule has 1 heterocycles.